The summed E-state index contributed by atoms with van der Waals surface area (Å²) in [5, 5.41) is 5.68. The highest BCUT2D eigenvalue weighted by Gasteiger charge is 2.29. The van der Waals surface area contributed by atoms with Crippen LogP contribution in [0, 0.1) is 5.92 Å². The number of nitrogens with one attached hydrogen (secondary N) is 2. The van der Waals surface area contributed by atoms with E-state index in [0.717, 1.165) is 29.2 Å². The van der Waals surface area contributed by atoms with Crippen molar-refractivity contribution in [1.29, 1.82) is 0 Å². The number of para-hydroxylation sites is 2. The molecule has 0 bridgehead atoms. The summed E-state index contributed by atoms with van der Waals surface area (Å²) in [6.07, 6.45) is 0.0873. The summed E-state index contributed by atoms with van der Waals surface area (Å²) < 4.78 is 11.9. The van der Waals surface area contributed by atoms with Gasteiger partial charge in [0.25, 0.3) is 0 Å². The van der Waals surface area contributed by atoms with Crippen LogP contribution in [0.15, 0.2) is 48.5 Å². The first kappa shape index (κ1) is 20.2. The standard InChI is InChI=1S/C23H27N3O4/c1-29-20-9-5-3-7-18(20)21-15-26(14-16-6-2-4-8-19(16)30-21)11-10-24-23(28)17-12-22(27)25-13-17/h2-9,17,21H,10-15H2,1H3,(H,24,28)(H,25,27). The second kappa shape index (κ2) is 9.17. The minimum absolute atomic E-state index is 0.0592. The van der Waals surface area contributed by atoms with Gasteiger partial charge in [0.2, 0.25) is 11.8 Å². The van der Waals surface area contributed by atoms with Gasteiger partial charge in [-0.1, -0.05) is 36.4 Å². The normalized spacial score (nSPS) is 21.2. The molecule has 2 N–H and O–H groups in total. The van der Waals surface area contributed by atoms with Crippen LogP contribution >= 0.6 is 0 Å². The zero-order chi connectivity index (χ0) is 20.9. The first-order valence-corrected chi connectivity index (χ1v) is 10.3. The molecule has 1 fully saturated rings. The Morgan fingerprint density at radius 2 is 2.03 bits per heavy atom. The summed E-state index contributed by atoms with van der Waals surface area (Å²) >= 11 is 0. The van der Waals surface area contributed by atoms with E-state index in [4.69, 9.17) is 9.47 Å². The van der Waals surface area contributed by atoms with Crippen LogP contribution in [0.25, 0.3) is 0 Å². The van der Waals surface area contributed by atoms with Crippen molar-refractivity contribution in [3.05, 3.63) is 59.7 Å². The van der Waals surface area contributed by atoms with Crippen molar-refractivity contribution in [1.82, 2.24) is 15.5 Å². The minimum Gasteiger partial charge on any atom is -0.496 e. The van der Waals surface area contributed by atoms with Crippen molar-refractivity contribution in [2.24, 2.45) is 5.92 Å². The van der Waals surface area contributed by atoms with Crippen molar-refractivity contribution in [2.75, 3.05) is 33.3 Å². The van der Waals surface area contributed by atoms with Crippen LogP contribution in [0.1, 0.15) is 23.7 Å². The van der Waals surface area contributed by atoms with Gasteiger partial charge in [-0.25, -0.2) is 0 Å². The van der Waals surface area contributed by atoms with Crippen LogP contribution in [0.3, 0.4) is 0 Å². The van der Waals surface area contributed by atoms with Crippen LogP contribution in [-0.4, -0.2) is 50.0 Å². The van der Waals surface area contributed by atoms with Crippen LogP contribution in [0.5, 0.6) is 11.5 Å². The first-order chi connectivity index (χ1) is 14.6. The van der Waals surface area contributed by atoms with Crippen molar-refractivity contribution < 1.29 is 19.1 Å². The molecule has 2 atom stereocenters. The Morgan fingerprint density at radius 1 is 1.23 bits per heavy atom. The lowest BCUT2D eigenvalue weighted by molar-refractivity contribution is -0.126. The second-order valence-electron chi connectivity index (χ2n) is 7.69. The molecule has 7 nitrogen and oxygen atoms in total. The van der Waals surface area contributed by atoms with Gasteiger partial charge in [-0.15, -0.1) is 0 Å². The fraction of sp³-hybridized carbons (Fsp3) is 0.391. The number of carbonyl (C=O) groups excluding carboxylic acids is 2. The quantitative estimate of drug-likeness (QED) is 0.762. The van der Waals surface area contributed by atoms with E-state index in [1.54, 1.807) is 7.11 Å². The highest BCUT2D eigenvalue weighted by molar-refractivity contribution is 5.89. The number of nitrogens with zero attached hydrogens (tertiary/aromatic N) is 1. The maximum Gasteiger partial charge on any atom is 0.225 e. The fourth-order valence-corrected chi connectivity index (χ4v) is 4.02. The molecular formula is C23H27N3O4. The number of benzene rings is 2. The smallest absolute Gasteiger partial charge is 0.225 e. The van der Waals surface area contributed by atoms with E-state index in [0.29, 0.717) is 26.2 Å². The zero-order valence-corrected chi connectivity index (χ0v) is 17.1. The molecule has 158 valence electrons. The lowest BCUT2D eigenvalue weighted by Gasteiger charge is -2.25. The Labute approximate surface area is 176 Å². The van der Waals surface area contributed by atoms with Gasteiger partial charge in [-0.3, -0.25) is 14.5 Å². The van der Waals surface area contributed by atoms with E-state index in [1.807, 2.05) is 42.5 Å². The molecule has 2 aromatic carbocycles. The Kier molecular flexibility index (Phi) is 6.18. The van der Waals surface area contributed by atoms with Gasteiger partial charge in [0.1, 0.15) is 17.6 Å². The Balaban J connectivity index is 1.45. The molecule has 2 aromatic rings. The molecule has 0 saturated carbocycles. The van der Waals surface area contributed by atoms with Gasteiger partial charge in [0, 0.05) is 50.3 Å². The number of hydrogen-bond donors (Lipinski definition) is 2. The van der Waals surface area contributed by atoms with Crippen LogP contribution < -0.4 is 20.1 Å². The Morgan fingerprint density at radius 3 is 2.83 bits per heavy atom. The van der Waals surface area contributed by atoms with E-state index in [1.165, 1.54) is 0 Å². The van der Waals surface area contributed by atoms with Crippen molar-refractivity contribution in [3.8, 4) is 11.5 Å². The van der Waals surface area contributed by atoms with Crippen molar-refractivity contribution >= 4 is 11.8 Å². The molecule has 30 heavy (non-hydrogen) atoms. The molecule has 0 spiro atoms. The molecule has 0 aromatic heterocycles. The summed E-state index contributed by atoms with van der Waals surface area (Å²) in [7, 11) is 1.67. The largest absolute Gasteiger partial charge is 0.496 e. The van der Waals surface area contributed by atoms with Crippen LogP contribution in [0.4, 0.5) is 0 Å². The molecule has 2 amide bonds. The molecule has 4 rings (SSSR count). The van der Waals surface area contributed by atoms with E-state index < -0.39 is 0 Å². The van der Waals surface area contributed by atoms with Gasteiger partial charge in [-0.05, 0) is 12.1 Å². The molecule has 2 heterocycles. The molecule has 2 aliphatic rings. The number of methoxy groups -OCH3 is 1. The average molecular weight is 409 g/mol. The molecule has 7 heteroatoms. The van der Waals surface area contributed by atoms with Gasteiger partial charge in [-0.2, -0.15) is 0 Å². The molecule has 0 radical (unpaired) electrons. The third kappa shape index (κ3) is 4.57. The van der Waals surface area contributed by atoms with E-state index in [9.17, 15) is 9.59 Å². The first-order valence-electron chi connectivity index (χ1n) is 10.3. The van der Waals surface area contributed by atoms with Gasteiger partial charge in [0.05, 0.1) is 13.0 Å². The monoisotopic (exact) mass is 409 g/mol. The average Bonchev–Trinajstić information content (AvgIpc) is 3.11. The van der Waals surface area contributed by atoms with Gasteiger partial charge >= 0.3 is 0 Å². The SMILES string of the molecule is COc1ccccc1C1CN(CCNC(=O)C2CNC(=O)C2)Cc2ccccc2O1. The number of carbonyl (C=O) groups is 2. The summed E-state index contributed by atoms with van der Waals surface area (Å²) in [6, 6.07) is 16.0. The van der Waals surface area contributed by atoms with Crippen LogP contribution in [0.2, 0.25) is 0 Å². The van der Waals surface area contributed by atoms with E-state index in [2.05, 4.69) is 21.6 Å². The number of rotatable bonds is 6. The van der Waals surface area contributed by atoms with E-state index in [-0.39, 0.29) is 30.3 Å². The third-order valence-electron chi connectivity index (χ3n) is 5.62. The molecule has 0 aliphatic carbocycles. The summed E-state index contributed by atoms with van der Waals surface area (Å²) in [6.45, 7) is 3.04. The summed E-state index contributed by atoms with van der Waals surface area (Å²) in [5.74, 6) is 1.27. The molecule has 1 saturated heterocycles. The number of fused-ring (bicyclic) bond motifs is 1. The number of ether oxygens (including phenoxy) is 2. The second-order valence-corrected chi connectivity index (χ2v) is 7.69. The molecule has 2 unspecified atom stereocenters. The maximum atomic E-state index is 12.3. The lowest BCUT2D eigenvalue weighted by Crippen LogP contribution is -2.39. The minimum atomic E-state index is -0.271. The van der Waals surface area contributed by atoms with E-state index >= 15 is 0 Å². The predicted molar refractivity (Wildman–Crippen MR) is 112 cm³/mol. The Hall–Kier alpha value is -3.06. The summed E-state index contributed by atoms with van der Waals surface area (Å²) in [5.41, 5.74) is 2.12. The van der Waals surface area contributed by atoms with Crippen LogP contribution in [-0.2, 0) is 16.1 Å². The predicted octanol–water partition coefficient (Wildman–Crippen LogP) is 1.88. The fourth-order valence-electron chi connectivity index (χ4n) is 4.02. The topological polar surface area (TPSA) is 79.9 Å². The van der Waals surface area contributed by atoms with Crippen molar-refractivity contribution in [3.63, 3.8) is 0 Å². The van der Waals surface area contributed by atoms with Crippen molar-refractivity contribution in [2.45, 2.75) is 19.1 Å². The Bertz CT molecular complexity index is 917. The highest BCUT2D eigenvalue weighted by Crippen LogP contribution is 2.34. The van der Waals surface area contributed by atoms with Gasteiger partial charge < -0.3 is 20.1 Å². The zero-order valence-electron chi connectivity index (χ0n) is 17.1. The summed E-state index contributed by atoms with van der Waals surface area (Å²) in [4.78, 5) is 25.9. The number of amides is 2. The third-order valence-corrected chi connectivity index (χ3v) is 5.62. The maximum absolute atomic E-state index is 12.3. The molecular weight excluding hydrogens is 382 g/mol. The van der Waals surface area contributed by atoms with Gasteiger partial charge in [0.15, 0.2) is 0 Å². The molecule has 2 aliphatic heterocycles. The highest BCUT2D eigenvalue weighted by atomic mass is 16.5. The number of hydrogen-bond acceptors (Lipinski definition) is 5. The lowest BCUT2D eigenvalue weighted by atomic mass is 10.1.